The molecule has 1 aromatic rings. The first-order valence-electron chi connectivity index (χ1n) is 8.27. The van der Waals surface area contributed by atoms with Gasteiger partial charge < -0.3 is 15.4 Å². The minimum absolute atomic E-state index is 0. The van der Waals surface area contributed by atoms with Crippen LogP contribution in [0.15, 0.2) is 24.3 Å². The van der Waals surface area contributed by atoms with Gasteiger partial charge in [-0.05, 0) is 49.8 Å². The molecule has 1 heterocycles. The molecule has 5 heteroatoms. The number of nitrogens with zero attached hydrogens (tertiary/aromatic N) is 1. The molecule has 2 rings (SSSR count). The fourth-order valence-electron chi connectivity index (χ4n) is 2.99. The normalized spacial score (nSPS) is 19.2. The van der Waals surface area contributed by atoms with Crippen LogP contribution in [0.1, 0.15) is 51.5 Å². The quantitative estimate of drug-likeness (QED) is 0.894. The molecule has 2 atom stereocenters. The molecule has 2 N–H and O–H groups in total. The van der Waals surface area contributed by atoms with Crippen molar-refractivity contribution in [2.24, 2.45) is 5.73 Å². The SMILES string of the molecule is CC(C)c1ccc(OCC(=O)N2CCCCC2C(C)N)cc1.Cl. The van der Waals surface area contributed by atoms with Crippen LogP contribution < -0.4 is 10.5 Å². The van der Waals surface area contributed by atoms with Crippen LogP contribution >= 0.6 is 12.4 Å². The molecule has 1 aliphatic rings. The number of halogens is 1. The number of benzene rings is 1. The van der Waals surface area contributed by atoms with E-state index in [1.807, 2.05) is 24.0 Å². The lowest BCUT2D eigenvalue weighted by molar-refractivity contribution is -0.137. The molecule has 1 amide bonds. The fourth-order valence-corrected chi connectivity index (χ4v) is 2.99. The number of hydrogen-bond acceptors (Lipinski definition) is 3. The summed E-state index contributed by atoms with van der Waals surface area (Å²) in [6.07, 6.45) is 3.19. The number of amides is 1. The minimum atomic E-state index is 0. The number of carbonyl (C=O) groups excluding carboxylic acids is 1. The average molecular weight is 341 g/mol. The Morgan fingerprint density at radius 3 is 2.48 bits per heavy atom. The summed E-state index contributed by atoms with van der Waals surface area (Å²) < 4.78 is 5.65. The highest BCUT2D eigenvalue weighted by Crippen LogP contribution is 2.21. The van der Waals surface area contributed by atoms with Gasteiger partial charge in [0.15, 0.2) is 6.61 Å². The van der Waals surface area contributed by atoms with Gasteiger partial charge >= 0.3 is 0 Å². The van der Waals surface area contributed by atoms with Crippen LogP contribution in [0.5, 0.6) is 5.75 Å². The second kappa shape index (κ2) is 9.14. The minimum Gasteiger partial charge on any atom is -0.484 e. The second-order valence-corrected chi connectivity index (χ2v) is 6.52. The fraction of sp³-hybridized carbons (Fsp3) is 0.611. The number of likely N-dealkylation sites (tertiary alicyclic amines) is 1. The summed E-state index contributed by atoms with van der Waals surface area (Å²) in [5.41, 5.74) is 7.28. The van der Waals surface area contributed by atoms with Crippen LogP contribution in [0.25, 0.3) is 0 Å². The van der Waals surface area contributed by atoms with E-state index in [1.54, 1.807) is 0 Å². The summed E-state index contributed by atoms with van der Waals surface area (Å²) in [7, 11) is 0. The molecule has 130 valence electrons. The molecule has 2 unspecified atom stereocenters. The summed E-state index contributed by atoms with van der Waals surface area (Å²) in [6, 6.07) is 8.12. The molecule has 0 spiro atoms. The van der Waals surface area contributed by atoms with Crippen molar-refractivity contribution >= 4 is 18.3 Å². The van der Waals surface area contributed by atoms with Gasteiger partial charge in [0, 0.05) is 18.6 Å². The van der Waals surface area contributed by atoms with Crippen LogP contribution in [0.4, 0.5) is 0 Å². The number of piperidine rings is 1. The molecule has 1 aromatic carbocycles. The Morgan fingerprint density at radius 2 is 1.91 bits per heavy atom. The second-order valence-electron chi connectivity index (χ2n) is 6.52. The van der Waals surface area contributed by atoms with Crippen molar-refractivity contribution < 1.29 is 9.53 Å². The molecule has 0 saturated carbocycles. The van der Waals surface area contributed by atoms with E-state index in [1.165, 1.54) is 5.56 Å². The van der Waals surface area contributed by atoms with Gasteiger partial charge in [-0.3, -0.25) is 4.79 Å². The first-order chi connectivity index (χ1) is 10.5. The lowest BCUT2D eigenvalue weighted by Crippen LogP contribution is -2.52. The molecular formula is C18H29ClN2O2. The molecule has 23 heavy (non-hydrogen) atoms. The zero-order valence-electron chi connectivity index (χ0n) is 14.3. The summed E-state index contributed by atoms with van der Waals surface area (Å²) in [5, 5.41) is 0. The number of nitrogens with two attached hydrogens (primary N) is 1. The molecular weight excluding hydrogens is 312 g/mol. The molecule has 0 bridgehead atoms. The van der Waals surface area contributed by atoms with E-state index in [0.717, 1.165) is 31.6 Å². The van der Waals surface area contributed by atoms with Gasteiger partial charge in [0.1, 0.15) is 5.75 Å². The molecule has 0 radical (unpaired) electrons. The molecule has 0 aromatic heterocycles. The van der Waals surface area contributed by atoms with E-state index in [-0.39, 0.29) is 37.0 Å². The first-order valence-corrected chi connectivity index (χ1v) is 8.27. The Hall–Kier alpha value is -1.26. The summed E-state index contributed by atoms with van der Waals surface area (Å²) in [4.78, 5) is 14.3. The zero-order valence-corrected chi connectivity index (χ0v) is 15.1. The number of rotatable bonds is 5. The van der Waals surface area contributed by atoms with Crippen LogP contribution in [-0.4, -0.2) is 36.0 Å². The molecule has 4 nitrogen and oxygen atoms in total. The van der Waals surface area contributed by atoms with Crippen molar-refractivity contribution in [3.8, 4) is 5.75 Å². The Bertz CT molecular complexity index is 488. The Kier molecular flexibility index (Phi) is 7.86. The van der Waals surface area contributed by atoms with Gasteiger partial charge in [0.05, 0.1) is 0 Å². The van der Waals surface area contributed by atoms with Crippen LogP contribution in [0, 0.1) is 0 Å². The van der Waals surface area contributed by atoms with Crippen molar-refractivity contribution in [2.45, 2.75) is 58.0 Å². The average Bonchev–Trinajstić information content (AvgIpc) is 2.53. The highest BCUT2D eigenvalue weighted by molar-refractivity contribution is 5.85. The molecule has 1 saturated heterocycles. The number of carbonyl (C=O) groups is 1. The Morgan fingerprint density at radius 1 is 1.26 bits per heavy atom. The first kappa shape index (κ1) is 19.8. The largest absolute Gasteiger partial charge is 0.484 e. The van der Waals surface area contributed by atoms with Gasteiger partial charge in [-0.15, -0.1) is 12.4 Å². The maximum Gasteiger partial charge on any atom is 0.260 e. The molecule has 1 aliphatic heterocycles. The lowest BCUT2D eigenvalue weighted by Gasteiger charge is -2.38. The van der Waals surface area contributed by atoms with E-state index in [4.69, 9.17) is 10.5 Å². The highest BCUT2D eigenvalue weighted by atomic mass is 35.5. The van der Waals surface area contributed by atoms with E-state index >= 15 is 0 Å². The van der Waals surface area contributed by atoms with Crippen molar-refractivity contribution in [1.29, 1.82) is 0 Å². The third-order valence-electron chi connectivity index (χ3n) is 4.39. The van der Waals surface area contributed by atoms with E-state index in [0.29, 0.717) is 5.92 Å². The Labute approximate surface area is 145 Å². The Balaban J connectivity index is 0.00000264. The third-order valence-corrected chi connectivity index (χ3v) is 4.39. The standard InChI is InChI=1S/C18H28N2O2.ClH/c1-13(2)15-7-9-16(10-8-15)22-12-18(21)20-11-5-4-6-17(20)14(3)19;/h7-10,13-14,17H,4-6,11-12,19H2,1-3H3;1H. The lowest BCUT2D eigenvalue weighted by atomic mass is 9.97. The van der Waals surface area contributed by atoms with Gasteiger partial charge in [-0.2, -0.15) is 0 Å². The summed E-state index contributed by atoms with van der Waals surface area (Å²) >= 11 is 0. The summed E-state index contributed by atoms with van der Waals surface area (Å²) in [6.45, 7) is 7.17. The third kappa shape index (κ3) is 5.40. The predicted octanol–water partition coefficient (Wildman–Crippen LogP) is 3.34. The highest BCUT2D eigenvalue weighted by Gasteiger charge is 2.29. The van der Waals surface area contributed by atoms with Crippen LogP contribution in [0.3, 0.4) is 0 Å². The van der Waals surface area contributed by atoms with Crippen molar-refractivity contribution in [2.75, 3.05) is 13.2 Å². The van der Waals surface area contributed by atoms with Gasteiger partial charge in [-0.1, -0.05) is 26.0 Å². The van der Waals surface area contributed by atoms with E-state index < -0.39 is 0 Å². The van der Waals surface area contributed by atoms with Gasteiger partial charge in [0.2, 0.25) is 0 Å². The van der Waals surface area contributed by atoms with Crippen LogP contribution in [-0.2, 0) is 4.79 Å². The zero-order chi connectivity index (χ0) is 16.1. The topological polar surface area (TPSA) is 55.6 Å². The van der Waals surface area contributed by atoms with Crippen molar-refractivity contribution in [3.63, 3.8) is 0 Å². The summed E-state index contributed by atoms with van der Waals surface area (Å²) in [5.74, 6) is 1.28. The van der Waals surface area contributed by atoms with Crippen LogP contribution in [0.2, 0.25) is 0 Å². The maximum atomic E-state index is 12.4. The molecule has 1 fully saturated rings. The van der Waals surface area contributed by atoms with Crippen molar-refractivity contribution in [1.82, 2.24) is 4.90 Å². The van der Waals surface area contributed by atoms with E-state index in [9.17, 15) is 4.79 Å². The van der Waals surface area contributed by atoms with E-state index in [2.05, 4.69) is 26.0 Å². The van der Waals surface area contributed by atoms with Crippen molar-refractivity contribution in [3.05, 3.63) is 29.8 Å². The smallest absolute Gasteiger partial charge is 0.260 e. The van der Waals surface area contributed by atoms with Gasteiger partial charge in [0.25, 0.3) is 5.91 Å². The maximum absolute atomic E-state index is 12.4. The monoisotopic (exact) mass is 340 g/mol. The van der Waals surface area contributed by atoms with Gasteiger partial charge in [-0.25, -0.2) is 0 Å². The number of hydrogen-bond donors (Lipinski definition) is 1. The molecule has 0 aliphatic carbocycles. The predicted molar refractivity (Wildman–Crippen MR) is 96.3 cm³/mol. The number of ether oxygens (including phenoxy) is 1.